The second-order valence-electron chi connectivity index (χ2n) is 10.5. The Labute approximate surface area is 190 Å². The van der Waals surface area contributed by atoms with E-state index in [4.69, 9.17) is 4.74 Å². The van der Waals surface area contributed by atoms with E-state index in [1.54, 1.807) is 45.6 Å². The number of aryl methyl sites for hydroxylation is 1. The first-order chi connectivity index (χ1) is 15.1. The van der Waals surface area contributed by atoms with Crippen LogP contribution in [0.1, 0.15) is 45.9 Å². The Balaban J connectivity index is 1.47. The van der Waals surface area contributed by atoms with Gasteiger partial charge in [-0.2, -0.15) is 18.3 Å². The van der Waals surface area contributed by atoms with Gasteiger partial charge in [-0.05, 0) is 52.5 Å². The van der Waals surface area contributed by atoms with Crippen LogP contribution in [0.2, 0.25) is 0 Å². The fraction of sp³-hybridized carbons (Fsp3) is 0.609. The van der Waals surface area contributed by atoms with E-state index in [-0.39, 0.29) is 35.3 Å². The molecule has 3 atom stereocenters. The summed E-state index contributed by atoms with van der Waals surface area (Å²) in [5.41, 5.74) is -1.97. The molecule has 0 spiro atoms. The standard InChI is InChI=1S/C23H29F3N4O3/c1-21(2,3)33-20(32)30-10-13-14(11-30)16(13)19(31)27-22(4,5)18-12-8-7-9-15(23(24,25)26)17(12)29(6)28-18/h7-9,13-14,16H,10-11H2,1-6H3,(H,27,31)/t13-,14+,16+. The fourth-order valence-electron chi connectivity index (χ4n) is 4.87. The van der Waals surface area contributed by atoms with E-state index in [0.29, 0.717) is 24.2 Å². The second-order valence-corrected chi connectivity index (χ2v) is 10.5. The first kappa shape index (κ1) is 23.4. The minimum absolute atomic E-state index is 0.0152. The molecule has 1 saturated carbocycles. The van der Waals surface area contributed by atoms with Crippen LogP contribution in [-0.4, -0.2) is 45.4 Å². The highest BCUT2D eigenvalue weighted by Gasteiger charge is 2.61. The van der Waals surface area contributed by atoms with E-state index in [9.17, 15) is 22.8 Å². The zero-order valence-electron chi connectivity index (χ0n) is 19.6. The summed E-state index contributed by atoms with van der Waals surface area (Å²) in [5, 5.41) is 7.67. The first-order valence-electron chi connectivity index (χ1n) is 10.9. The average Bonchev–Trinajstić information content (AvgIpc) is 2.99. The van der Waals surface area contributed by atoms with Crippen molar-refractivity contribution in [1.29, 1.82) is 0 Å². The average molecular weight is 467 g/mol. The number of nitrogens with one attached hydrogen (secondary N) is 1. The summed E-state index contributed by atoms with van der Waals surface area (Å²) in [4.78, 5) is 26.9. The Hall–Kier alpha value is -2.78. The molecule has 0 unspecified atom stereocenters. The predicted molar refractivity (Wildman–Crippen MR) is 115 cm³/mol. The lowest BCUT2D eigenvalue weighted by molar-refractivity contribution is -0.136. The normalized spacial score (nSPS) is 22.9. The Kier molecular flexibility index (Phi) is 5.22. The number of likely N-dealkylation sites (tertiary alicyclic amines) is 1. The van der Waals surface area contributed by atoms with Crippen molar-refractivity contribution in [2.45, 2.75) is 51.9 Å². The number of hydrogen-bond acceptors (Lipinski definition) is 4. The number of fused-ring (bicyclic) bond motifs is 2. The predicted octanol–water partition coefficient (Wildman–Crippen LogP) is 4.06. The number of halogens is 3. The topological polar surface area (TPSA) is 76.5 Å². The molecule has 2 heterocycles. The monoisotopic (exact) mass is 466 g/mol. The highest BCUT2D eigenvalue weighted by Crippen LogP contribution is 2.52. The number of benzene rings is 1. The minimum Gasteiger partial charge on any atom is -0.444 e. The maximum absolute atomic E-state index is 13.5. The molecule has 1 saturated heterocycles. The zero-order valence-corrected chi connectivity index (χ0v) is 19.6. The number of nitrogens with zero attached hydrogens (tertiary/aromatic N) is 3. The lowest BCUT2D eigenvalue weighted by Crippen LogP contribution is -2.44. The van der Waals surface area contributed by atoms with Gasteiger partial charge in [0.05, 0.1) is 22.3 Å². The summed E-state index contributed by atoms with van der Waals surface area (Å²) in [6.07, 6.45) is -4.89. The van der Waals surface area contributed by atoms with Crippen LogP contribution in [-0.2, 0) is 28.3 Å². The molecule has 1 aromatic heterocycles. The van der Waals surface area contributed by atoms with Gasteiger partial charge in [0.15, 0.2) is 0 Å². The summed E-state index contributed by atoms with van der Waals surface area (Å²) in [6.45, 7) is 9.80. The summed E-state index contributed by atoms with van der Waals surface area (Å²) in [5.74, 6) is -0.287. The maximum atomic E-state index is 13.5. The number of aromatic nitrogens is 2. The number of alkyl halides is 3. The summed E-state index contributed by atoms with van der Waals surface area (Å²) >= 11 is 0. The van der Waals surface area contributed by atoms with Crippen LogP contribution >= 0.6 is 0 Å². The van der Waals surface area contributed by atoms with Gasteiger partial charge in [0.1, 0.15) is 5.60 Å². The molecule has 7 nitrogen and oxygen atoms in total. The Morgan fingerprint density at radius 1 is 1.09 bits per heavy atom. The molecule has 1 aliphatic heterocycles. The smallest absolute Gasteiger partial charge is 0.418 e. The molecule has 2 fully saturated rings. The molecule has 4 rings (SSSR count). The first-order valence-corrected chi connectivity index (χ1v) is 10.9. The zero-order chi connectivity index (χ0) is 24.5. The van der Waals surface area contributed by atoms with Crippen molar-refractivity contribution in [3.8, 4) is 0 Å². The number of amides is 2. The van der Waals surface area contributed by atoms with Crippen molar-refractivity contribution in [2.24, 2.45) is 24.8 Å². The Bertz CT molecular complexity index is 1100. The highest BCUT2D eigenvalue weighted by atomic mass is 19.4. The molecule has 1 aromatic carbocycles. The number of ether oxygens (including phenoxy) is 1. The molecule has 0 bridgehead atoms. The van der Waals surface area contributed by atoms with Gasteiger partial charge in [0, 0.05) is 31.4 Å². The number of rotatable bonds is 3. The van der Waals surface area contributed by atoms with Crippen molar-refractivity contribution >= 4 is 22.9 Å². The van der Waals surface area contributed by atoms with Crippen LogP contribution in [0.15, 0.2) is 18.2 Å². The third-order valence-electron chi connectivity index (χ3n) is 6.35. The second kappa shape index (κ2) is 7.36. The van der Waals surface area contributed by atoms with Crippen molar-refractivity contribution in [2.75, 3.05) is 13.1 Å². The SMILES string of the molecule is Cn1nc(C(C)(C)NC(=O)[C@H]2[C@@H]3CN(C(=O)OC(C)(C)C)C[C@@H]32)c2cccc(C(F)(F)F)c21. The fourth-order valence-corrected chi connectivity index (χ4v) is 4.87. The van der Waals surface area contributed by atoms with Gasteiger partial charge in [-0.25, -0.2) is 4.79 Å². The van der Waals surface area contributed by atoms with E-state index in [1.807, 2.05) is 0 Å². The van der Waals surface area contributed by atoms with E-state index in [1.165, 1.54) is 17.8 Å². The van der Waals surface area contributed by atoms with Crippen LogP contribution < -0.4 is 5.32 Å². The van der Waals surface area contributed by atoms with Gasteiger partial charge in [-0.3, -0.25) is 9.48 Å². The molecule has 2 aliphatic rings. The molecule has 2 amide bonds. The molecule has 33 heavy (non-hydrogen) atoms. The highest BCUT2D eigenvalue weighted by molar-refractivity contribution is 5.88. The van der Waals surface area contributed by atoms with Crippen LogP contribution in [0.25, 0.3) is 10.9 Å². The van der Waals surface area contributed by atoms with Gasteiger partial charge in [0.2, 0.25) is 5.91 Å². The molecule has 2 aromatic rings. The van der Waals surface area contributed by atoms with E-state index in [0.717, 1.165) is 6.07 Å². The summed E-state index contributed by atoms with van der Waals surface area (Å²) in [7, 11) is 1.47. The minimum atomic E-state index is -4.51. The van der Waals surface area contributed by atoms with Gasteiger partial charge in [-0.1, -0.05) is 12.1 Å². The molecular formula is C23H29F3N4O3. The van der Waals surface area contributed by atoms with E-state index >= 15 is 0 Å². The van der Waals surface area contributed by atoms with Crippen molar-refractivity contribution in [3.05, 3.63) is 29.5 Å². The number of para-hydroxylation sites is 1. The Morgan fingerprint density at radius 3 is 2.24 bits per heavy atom. The molecule has 10 heteroatoms. The lowest BCUT2D eigenvalue weighted by atomic mass is 9.95. The molecule has 180 valence electrons. The van der Waals surface area contributed by atoms with Crippen molar-refractivity contribution in [3.63, 3.8) is 0 Å². The van der Waals surface area contributed by atoms with Crippen LogP contribution in [0.3, 0.4) is 0 Å². The van der Waals surface area contributed by atoms with Gasteiger partial charge < -0.3 is 15.0 Å². The van der Waals surface area contributed by atoms with Crippen LogP contribution in [0.5, 0.6) is 0 Å². The van der Waals surface area contributed by atoms with Crippen molar-refractivity contribution in [1.82, 2.24) is 20.0 Å². The molecule has 1 aliphatic carbocycles. The maximum Gasteiger partial charge on any atom is 0.418 e. The van der Waals surface area contributed by atoms with Gasteiger partial charge in [0.25, 0.3) is 0 Å². The lowest BCUT2D eigenvalue weighted by Gasteiger charge is -2.27. The van der Waals surface area contributed by atoms with Crippen molar-refractivity contribution < 1.29 is 27.5 Å². The summed E-state index contributed by atoms with van der Waals surface area (Å²) in [6, 6.07) is 3.97. The molecular weight excluding hydrogens is 437 g/mol. The number of hydrogen-bond donors (Lipinski definition) is 1. The van der Waals surface area contributed by atoms with Crippen LogP contribution in [0.4, 0.5) is 18.0 Å². The number of piperidine rings is 1. The van der Waals surface area contributed by atoms with E-state index < -0.39 is 22.9 Å². The van der Waals surface area contributed by atoms with Crippen LogP contribution in [0, 0.1) is 17.8 Å². The third-order valence-corrected chi connectivity index (χ3v) is 6.35. The number of carbonyl (C=O) groups excluding carboxylic acids is 2. The molecule has 0 radical (unpaired) electrons. The quantitative estimate of drug-likeness (QED) is 0.740. The number of carbonyl (C=O) groups is 2. The van der Waals surface area contributed by atoms with Gasteiger partial charge in [-0.15, -0.1) is 0 Å². The Morgan fingerprint density at radius 2 is 1.70 bits per heavy atom. The van der Waals surface area contributed by atoms with Gasteiger partial charge >= 0.3 is 12.3 Å². The third kappa shape index (κ3) is 4.27. The largest absolute Gasteiger partial charge is 0.444 e. The van der Waals surface area contributed by atoms with E-state index in [2.05, 4.69) is 10.4 Å². The molecule has 1 N–H and O–H groups in total. The summed E-state index contributed by atoms with van der Waals surface area (Å²) < 4.78 is 47.1.